The summed E-state index contributed by atoms with van der Waals surface area (Å²) in [7, 11) is 1.87. The third-order valence-corrected chi connectivity index (χ3v) is 6.26. The summed E-state index contributed by atoms with van der Waals surface area (Å²) in [5.41, 5.74) is 1.24. The zero-order chi connectivity index (χ0) is 19.9. The Morgan fingerprint density at radius 3 is 2.54 bits per heavy atom. The number of likely N-dealkylation sites (tertiary alicyclic amines) is 1. The molecule has 1 aliphatic heterocycles. The molecule has 0 aliphatic carbocycles. The lowest BCUT2D eigenvalue weighted by Crippen LogP contribution is -2.43. The third kappa shape index (κ3) is 5.35. The number of rotatable bonds is 7. The number of ether oxygens (including phenoxy) is 1. The summed E-state index contributed by atoms with van der Waals surface area (Å²) >= 11 is 1.69. The quantitative estimate of drug-likeness (QED) is 0.712. The average Bonchev–Trinajstić information content (AvgIpc) is 3.12. The molecule has 5 nitrogen and oxygen atoms in total. The molecule has 1 saturated heterocycles. The minimum atomic E-state index is 0.00915. The minimum Gasteiger partial charge on any atom is -0.493 e. The zero-order valence-electron chi connectivity index (χ0n) is 16.6. The molecule has 0 unspecified atom stereocenters. The second-order valence-electron chi connectivity index (χ2n) is 7.29. The number of benzene rings is 1. The Labute approximate surface area is 170 Å². The number of carbonyl (C=O) groups excluding carboxylic acids is 2. The van der Waals surface area contributed by atoms with Gasteiger partial charge in [-0.05, 0) is 48.9 Å². The Balaban J connectivity index is 1.40. The van der Waals surface area contributed by atoms with Gasteiger partial charge in [0.05, 0.1) is 19.6 Å². The van der Waals surface area contributed by atoms with Gasteiger partial charge in [-0.3, -0.25) is 9.59 Å². The van der Waals surface area contributed by atoms with E-state index in [1.54, 1.807) is 11.3 Å². The van der Waals surface area contributed by atoms with Crippen molar-refractivity contribution in [1.82, 2.24) is 9.80 Å². The number of carbonyl (C=O) groups is 2. The van der Waals surface area contributed by atoms with Gasteiger partial charge in [0.1, 0.15) is 5.75 Å². The van der Waals surface area contributed by atoms with Gasteiger partial charge in [-0.15, -0.1) is 11.3 Å². The van der Waals surface area contributed by atoms with Crippen LogP contribution in [0.15, 0.2) is 41.8 Å². The van der Waals surface area contributed by atoms with Crippen molar-refractivity contribution in [2.75, 3.05) is 26.7 Å². The van der Waals surface area contributed by atoms with Crippen molar-refractivity contribution in [3.8, 4) is 5.75 Å². The van der Waals surface area contributed by atoms with Crippen LogP contribution in [0.5, 0.6) is 5.75 Å². The van der Waals surface area contributed by atoms with E-state index in [9.17, 15) is 9.59 Å². The highest BCUT2D eigenvalue weighted by atomic mass is 32.1. The number of nitrogens with zero attached hydrogens (tertiary/aromatic N) is 2. The first-order valence-corrected chi connectivity index (χ1v) is 10.7. The topological polar surface area (TPSA) is 49.9 Å². The first kappa shape index (κ1) is 20.4. The largest absolute Gasteiger partial charge is 0.493 e. The molecular formula is C22H28N2O3S. The monoisotopic (exact) mass is 400 g/mol. The summed E-state index contributed by atoms with van der Waals surface area (Å²) in [5.74, 6) is 1.08. The van der Waals surface area contributed by atoms with Crippen molar-refractivity contribution in [2.24, 2.45) is 5.92 Å². The van der Waals surface area contributed by atoms with Crippen molar-refractivity contribution >= 4 is 23.2 Å². The molecule has 1 aromatic heterocycles. The smallest absolute Gasteiger partial charge is 0.225 e. The van der Waals surface area contributed by atoms with Gasteiger partial charge in [-0.25, -0.2) is 0 Å². The molecule has 2 heterocycles. The molecule has 0 radical (unpaired) electrons. The van der Waals surface area contributed by atoms with Crippen LogP contribution >= 0.6 is 11.3 Å². The van der Waals surface area contributed by atoms with Crippen LogP contribution in [-0.4, -0.2) is 48.4 Å². The first-order chi connectivity index (χ1) is 13.5. The summed E-state index contributed by atoms with van der Waals surface area (Å²) in [6.45, 7) is 4.41. The van der Waals surface area contributed by atoms with Crippen LogP contribution in [0, 0.1) is 12.8 Å². The highest BCUT2D eigenvalue weighted by molar-refractivity contribution is 7.10. The zero-order valence-corrected chi connectivity index (χ0v) is 17.4. The Hall–Kier alpha value is -2.34. The molecule has 0 saturated carbocycles. The maximum atomic E-state index is 12.7. The van der Waals surface area contributed by atoms with Gasteiger partial charge in [-0.2, -0.15) is 0 Å². The Bertz CT molecular complexity index is 782. The molecule has 28 heavy (non-hydrogen) atoms. The highest BCUT2D eigenvalue weighted by Gasteiger charge is 2.29. The van der Waals surface area contributed by atoms with Crippen molar-refractivity contribution < 1.29 is 14.3 Å². The lowest BCUT2D eigenvalue weighted by molar-refractivity contribution is -0.140. The number of para-hydroxylation sites is 1. The second-order valence-corrected chi connectivity index (χ2v) is 8.29. The fourth-order valence-electron chi connectivity index (χ4n) is 3.48. The fourth-order valence-corrected chi connectivity index (χ4v) is 4.44. The van der Waals surface area contributed by atoms with E-state index in [2.05, 4.69) is 18.4 Å². The molecule has 6 heteroatoms. The summed E-state index contributed by atoms with van der Waals surface area (Å²) < 4.78 is 5.61. The van der Waals surface area contributed by atoms with Crippen molar-refractivity contribution in [3.05, 3.63) is 52.2 Å². The lowest BCUT2D eigenvalue weighted by atomic mass is 9.95. The number of amides is 2. The van der Waals surface area contributed by atoms with E-state index in [1.165, 1.54) is 10.4 Å². The molecule has 2 aromatic rings. The van der Waals surface area contributed by atoms with E-state index in [1.807, 2.05) is 47.2 Å². The summed E-state index contributed by atoms with van der Waals surface area (Å²) in [4.78, 5) is 30.1. The van der Waals surface area contributed by atoms with Gasteiger partial charge in [0, 0.05) is 30.9 Å². The molecule has 150 valence electrons. The molecule has 0 atom stereocenters. The van der Waals surface area contributed by atoms with Crippen LogP contribution in [0.25, 0.3) is 0 Å². The molecule has 1 fully saturated rings. The minimum absolute atomic E-state index is 0.00915. The average molecular weight is 401 g/mol. The van der Waals surface area contributed by atoms with Crippen molar-refractivity contribution in [3.63, 3.8) is 0 Å². The van der Waals surface area contributed by atoms with Crippen molar-refractivity contribution in [2.45, 2.75) is 32.7 Å². The Kier molecular flexibility index (Phi) is 7.09. The van der Waals surface area contributed by atoms with Crippen LogP contribution in [0.3, 0.4) is 0 Å². The van der Waals surface area contributed by atoms with Gasteiger partial charge in [0.2, 0.25) is 11.8 Å². The molecule has 0 bridgehead atoms. The predicted octanol–water partition coefficient (Wildman–Crippen LogP) is 3.72. The van der Waals surface area contributed by atoms with Crippen LogP contribution < -0.4 is 4.74 Å². The van der Waals surface area contributed by atoms with Gasteiger partial charge in [0.15, 0.2) is 0 Å². The normalized spacial score (nSPS) is 14.7. The predicted molar refractivity (Wildman–Crippen MR) is 111 cm³/mol. The van der Waals surface area contributed by atoms with E-state index < -0.39 is 0 Å². The van der Waals surface area contributed by atoms with E-state index in [0.29, 0.717) is 32.7 Å². The highest BCUT2D eigenvalue weighted by Crippen LogP contribution is 2.23. The van der Waals surface area contributed by atoms with E-state index >= 15 is 0 Å². The molecule has 1 aromatic carbocycles. The Morgan fingerprint density at radius 2 is 1.89 bits per heavy atom. The maximum absolute atomic E-state index is 12.7. The number of piperidine rings is 1. The van der Waals surface area contributed by atoms with Gasteiger partial charge in [0.25, 0.3) is 0 Å². The summed E-state index contributed by atoms with van der Waals surface area (Å²) in [5, 5.41) is 2.06. The SMILES string of the molecule is Cc1ccsc1CN(C)C(=O)C1CCN(C(=O)CCOc2ccccc2)CC1. The van der Waals surface area contributed by atoms with E-state index in [4.69, 9.17) is 4.74 Å². The summed E-state index contributed by atoms with van der Waals surface area (Å²) in [6.07, 6.45) is 1.83. The molecule has 0 spiro atoms. The van der Waals surface area contributed by atoms with E-state index in [0.717, 1.165) is 18.6 Å². The Morgan fingerprint density at radius 1 is 1.18 bits per heavy atom. The molecule has 0 N–H and O–H groups in total. The molecule has 1 aliphatic rings. The standard InChI is InChI=1S/C22H28N2O3S/c1-17-11-15-28-20(17)16-23(2)22(26)18-8-12-24(13-9-18)21(25)10-14-27-19-6-4-3-5-7-19/h3-7,11,15,18H,8-10,12-14,16H2,1-2H3. The maximum Gasteiger partial charge on any atom is 0.225 e. The van der Waals surface area contributed by atoms with Gasteiger partial charge >= 0.3 is 0 Å². The van der Waals surface area contributed by atoms with Crippen LogP contribution in [0.1, 0.15) is 29.7 Å². The summed E-state index contributed by atoms with van der Waals surface area (Å²) in [6, 6.07) is 11.6. The molecule has 3 rings (SSSR count). The third-order valence-electron chi connectivity index (χ3n) is 5.25. The van der Waals surface area contributed by atoms with Crippen molar-refractivity contribution in [1.29, 1.82) is 0 Å². The molecular weight excluding hydrogens is 372 g/mol. The number of hydrogen-bond acceptors (Lipinski definition) is 4. The molecule has 2 amide bonds. The van der Waals surface area contributed by atoms with Gasteiger partial charge < -0.3 is 14.5 Å². The lowest BCUT2D eigenvalue weighted by Gasteiger charge is -2.33. The van der Waals surface area contributed by atoms with E-state index in [-0.39, 0.29) is 17.7 Å². The van der Waals surface area contributed by atoms with Crippen LogP contribution in [-0.2, 0) is 16.1 Å². The van der Waals surface area contributed by atoms with Crippen LogP contribution in [0.2, 0.25) is 0 Å². The number of aryl methyl sites for hydroxylation is 1. The second kappa shape index (κ2) is 9.73. The number of thiophene rings is 1. The fraction of sp³-hybridized carbons (Fsp3) is 0.455. The van der Waals surface area contributed by atoms with Gasteiger partial charge in [-0.1, -0.05) is 18.2 Å². The number of hydrogen-bond donors (Lipinski definition) is 0. The first-order valence-electron chi connectivity index (χ1n) is 9.78. The van der Waals surface area contributed by atoms with Crippen LogP contribution in [0.4, 0.5) is 0 Å².